The number of hydrogen-bond acceptors (Lipinski definition) is 4. The smallest absolute Gasteiger partial charge is 0.252 e. The molecule has 0 aliphatic carbocycles. The molecule has 1 saturated heterocycles. The van der Waals surface area contributed by atoms with Crippen LogP contribution in [-0.2, 0) is 4.74 Å². The first-order valence-electron chi connectivity index (χ1n) is 8.67. The van der Waals surface area contributed by atoms with Gasteiger partial charge in [-0.1, -0.05) is 36.4 Å². The van der Waals surface area contributed by atoms with Crippen molar-refractivity contribution < 1.29 is 9.53 Å². The maximum Gasteiger partial charge on any atom is 0.252 e. The van der Waals surface area contributed by atoms with Gasteiger partial charge in [-0.15, -0.1) is 0 Å². The van der Waals surface area contributed by atoms with Gasteiger partial charge in [0, 0.05) is 43.1 Å². The number of benzene rings is 2. The molecule has 1 aromatic heterocycles. The van der Waals surface area contributed by atoms with Gasteiger partial charge in [-0.3, -0.25) is 14.7 Å². The van der Waals surface area contributed by atoms with Crippen molar-refractivity contribution in [3.63, 3.8) is 0 Å². The zero-order chi connectivity index (χ0) is 17.1. The molecule has 1 N–H and O–H groups in total. The Balaban J connectivity index is 1.47. The van der Waals surface area contributed by atoms with Crippen LogP contribution in [0.5, 0.6) is 0 Å². The Hall–Kier alpha value is -2.50. The van der Waals surface area contributed by atoms with Crippen molar-refractivity contribution in [1.29, 1.82) is 0 Å². The second kappa shape index (κ2) is 7.17. The van der Waals surface area contributed by atoms with Gasteiger partial charge in [0.25, 0.3) is 5.91 Å². The average Bonchev–Trinajstić information content (AvgIpc) is 2.68. The maximum absolute atomic E-state index is 12.4. The Kier molecular flexibility index (Phi) is 4.59. The van der Waals surface area contributed by atoms with Crippen LogP contribution in [0, 0.1) is 0 Å². The lowest BCUT2D eigenvalue weighted by Gasteiger charge is -2.26. The molecule has 0 spiro atoms. The van der Waals surface area contributed by atoms with Gasteiger partial charge >= 0.3 is 0 Å². The third-order valence-electron chi connectivity index (χ3n) is 4.66. The lowest BCUT2D eigenvalue weighted by molar-refractivity contribution is 0.0383. The van der Waals surface area contributed by atoms with Gasteiger partial charge < -0.3 is 10.1 Å². The topological polar surface area (TPSA) is 54.5 Å². The molecule has 2 aromatic carbocycles. The fourth-order valence-electron chi connectivity index (χ4n) is 3.25. The highest BCUT2D eigenvalue weighted by Crippen LogP contribution is 2.24. The largest absolute Gasteiger partial charge is 0.379 e. The van der Waals surface area contributed by atoms with Crippen LogP contribution in [0.15, 0.2) is 48.7 Å². The van der Waals surface area contributed by atoms with Crippen LogP contribution < -0.4 is 5.32 Å². The minimum absolute atomic E-state index is 0.0733. The van der Waals surface area contributed by atoms with Crippen LogP contribution in [-0.4, -0.2) is 55.2 Å². The van der Waals surface area contributed by atoms with Crippen molar-refractivity contribution in [2.75, 3.05) is 39.4 Å². The van der Waals surface area contributed by atoms with E-state index < -0.39 is 0 Å². The molecule has 0 saturated carbocycles. The van der Waals surface area contributed by atoms with Crippen molar-refractivity contribution >= 4 is 27.6 Å². The molecule has 0 unspecified atom stereocenters. The van der Waals surface area contributed by atoms with E-state index in [0.717, 1.165) is 54.5 Å². The first kappa shape index (κ1) is 16.0. The number of ether oxygens (including phenoxy) is 1. The van der Waals surface area contributed by atoms with Gasteiger partial charge in [-0.05, 0) is 11.5 Å². The summed E-state index contributed by atoms with van der Waals surface area (Å²) in [4.78, 5) is 19.2. The molecular formula is C20H21N3O2. The molecule has 1 fully saturated rings. The zero-order valence-electron chi connectivity index (χ0n) is 14.1. The van der Waals surface area contributed by atoms with Gasteiger partial charge in [0.15, 0.2) is 0 Å². The van der Waals surface area contributed by atoms with E-state index in [2.05, 4.69) is 33.4 Å². The molecule has 0 radical (unpaired) electrons. The number of hydrogen-bond donors (Lipinski definition) is 1. The van der Waals surface area contributed by atoms with Crippen LogP contribution in [0.3, 0.4) is 0 Å². The van der Waals surface area contributed by atoms with Crippen LogP contribution in [0.4, 0.5) is 0 Å². The maximum atomic E-state index is 12.4. The van der Waals surface area contributed by atoms with Crippen molar-refractivity contribution in [1.82, 2.24) is 15.2 Å². The second-order valence-electron chi connectivity index (χ2n) is 6.29. The third kappa shape index (κ3) is 3.48. The molecule has 3 aromatic rings. The number of pyridine rings is 1. The number of amides is 1. The van der Waals surface area contributed by atoms with Gasteiger partial charge in [-0.25, -0.2) is 0 Å². The number of rotatable bonds is 4. The summed E-state index contributed by atoms with van der Waals surface area (Å²) in [5.74, 6) is -0.0733. The summed E-state index contributed by atoms with van der Waals surface area (Å²) >= 11 is 0. The Morgan fingerprint density at radius 3 is 2.80 bits per heavy atom. The number of carbonyl (C=O) groups is 1. The van der Waals surface area contributed by atoms with E-state index in [-0.39, 0.29) is 5.91 Å². The van der Waals surface area contributed by atoms with E-state index in [1.807, 2.05) is 24.3 Å². The van der Waals surface area contributed by atoms with Crippen molar-refractivity contribution in [3.8, 4) is 0 Å². The summed E-state index contributed by atoms with van der Waals surface area (Å²) in [7, 11) is 0. The third-order valence-corrected chi connectivity index (χ3v) is 4.66. The molecule has 25 heavy (non-hydrogen) atoms. The number of aromatic nitrogens is 1. The van der Waals surface area contributed by atoms with E-state index >= 15 is 0 Å². The normalized spacial score (nSPS) is 15.5. The second-order valence-corrected chi connectivity index (χ2v) is 6.29. The lowest BCUT2D eigenvalue weighted by Crippen LogP contribution is -2.41. The van der Waals surface area contributed by atoms with Gasteiger partial charge in [0.05, 0.1) is 24.3 Å². The van der Waals surface area contributed by atoms with Gasteiger partial charge in [0.2, 0.25) is 0 Å². The summed E-state index contributed by atoms with van der Waals surface area (Å²) in [6.45, 7) is 4.89. The summed E-state index contributed by atoms with van der Waals surface area (Å²) in [6, 6.07) is 14.2. The molecule has 2 heterocycles. The highest BCUT2D eigenvalue weighted by atomic mass is 16.5. The van der Waals surface area contributed by atoms with Gasteiger partial charge in [-0.2, -0.15) is 0 Å². The number of fused-ring (bicyclic) bond motifs is 3. The Bertz CT molecular complexity index is 904. The van der Waals surface area contributed by atoms with E-state index in [4.69, 9.17) is 4.74 Å². The Morgan fingerprint density at radius 2 is 1.92 bits per heavy atom. The minimum atomic E-state index is -0.0733. The summed E-state index contributed by atoms with van der Waals surface area (Å²) in [5.41, 5.74) is 1.53. The highest BCUT2D eigenvalue weighted by Gasteiger charge is 2.12. The Morgan fingerprint density at radius 1 is 1.12 bits per heavy atom. The first-order valence-corrected chi connectivity index (χ1v) is 8.67. The molecule has 5 nitrogen and oxygen atoms in total. The number of carbonyl (C=O) groups excluding carboxylic acids is 1. The summed E-state index contributed by atoms with van der Waals surface area (Å²) < 4.78 is 5.33. The zero-order valence-corrected chi connectivity index (χ0v) is 14.1. The predicted molar refractivity (Wildman–Crippen MR) is 98.8 cm³/mol. The molecule has 1 aliphatic rings. The first-order chi connectivity index (χ1) is 12.3. The molecular weight excluding hydrogens is 314 g/mol. The van der Waals surface area contributed by atoms with Crippen LogP contribution >= 0.6 is 0 Å². The number of morpholine rings is 1. The van der Waals surface area contributed by atoms with Crippen molar-refractivity contribution in [2.45, 2.75) is 0 Å². The van der Waals surface area contributed by atoms with Crippen LogP contribution in [0.25, 0.3) is 21.7 Å². The summed E-state index contributed by atoms with van der Waals surface area (Å²) in [5, 5.41) is 6.24. The molecule has 0 bridgehead atoms. The molecule has 5 heteroatoms. The quantitative estimate of drug-likeness (QED) is 0.744. The Labute approximate surface area is 146 Å². The van der Waals surface area contributed by atoms with Crippen molar-refractivity contribution in [3.05, 3.63) is 54.2 Å². The fourth-order valence-corrected chi connectivity index (χ4v) is 3.25. The molecule has 0 atom stereocenters. The van der Waals surface area contributed by atoms with E-state index in [0.29, 0.717) is 12.1 Å². The highest BCUT2D eigenvalue weighted by molar-refractivity contribution is 6.07. The SMILES string of the molecule is O=C(NCCN1CCOCC1)c1cnc2c(ccc3ccccc32)c1. The molecule has 4 rings (SSSR count). The van der Waals surface area contributed by atoms with Crippen LogP contribution in [0.1, 0.15) is 10.4 Å². The number of nitrogens with one attached hydrogen (secondary N) is 1. The van der Waals surface area contributed by atoms with Gasteiger partial charge in [0.1, 0.15) is 0 Å². The molecule has 128 valence electrons. The monoisotopic (exact) mass is 335 g/mol. The van der Waals surface area contributed by atoms with E-state index in [1.165, 1.54) is 0 Å². The standard InChI is InChI=1S/C20H21N3O2/c24-20(21-7-8-23-9-11-25-12-10-23)17-13-16-6-5-15-3-1-2-4-18(15)19(16)22-14-17/h1-6,13-14H,7-12H2,(H,21,24). The van der Waals surface area contributed by atoms with E-state index in [9.17, 15) is 4.79 Å². The fraction of sp³-hybridized carbons (Fsp3) is 0.300. The van der Waals surface area contributed by atoms with E-state index in [1.54, 1.807) is 6.20 Å². The predicted octanol–water partition coefficient (Wildman–Crippen LogP) is 2.45. The summed E-state index contributed by atoms with van der Waals surface area (Å²) in [6.07, 6.45) is 1.67. The lowest BCUT2D eigenvalue weighted by atomic mass is 10.0. The molecule has 1 amide bonds. The minimum Gasteiger partial charge on any atom is -0.379 e. The number of nitrogens with zero attached hydrogens (tertiary/aromatic N) is 2. The van der Waals surface area contributed by atoms with Crippen LogP contribution in [0.2, 0.25) is 0 Å². The molecule has 1 aliphatic heterocycles. The van der Waals surface area contributed by atoms with Crippen molar-refractivity contribution in [2.24, 2.45) is 0 Å². The average molecular weight is 335 g/mol.